The molecule has 26 heavy (non-hydrogen) atoms. The molecule has 0 N–H and O–H groups in total. The molecule has 4 rings (SSSR count). The van der Waals surface area contributed by atoms with E-state index in [1.54, 1.807) is 0 Å². The number of carbonyl (C=O) groups is 1. The molecule has 2 heterocycles. The van der Waals surface area contributed by atoms with Gasteiger partial charge in [0.05, 0.1) is 0 Å². The van der Waals surface area contributed by atoms with Crippen LogP contribution < -0.4 is 0 Å². The van der Waals surface area contributed by atoms with E-state index >= 15 is 0 Å². The number of rotatable bonds is 6. The molecule has 1 aromatic rings. The van der Waals surface area contributed by atoms with E-state index in [4.69, 9.17) is 4.74 Å². The van der Waals surface area contributed by atoms with Crippen LogP contribution in [-0.4, -0.2) is 54.1 Å². The largest absolute Gasteiger partial charge is 0.381 e. The van der Waals surface area contributed by atoms with Crippen LogP contribution in [0, 0.1) is 5.92 Å². The first kappa shape index (κ1) is 18.0. The Morgan fingerprint density at radius 3 is 2.38 bits per heavy atom. The fourth-order valence-corrected chi connectivity index (χ4v) is 4.83. The van der Waals surface area contributed by atoms with Gasteiger partial charge in [0, 0.05) is 51.4 Å². The van der Waals surface area contributed by atoms with Crippen molar-refractivity contribution >= 4 is 5.91 Å². The summed E-state index contributed by atoms with van der Waals surface area (Å²) in [6.07, 6.45) is 8.14. The Labute approximate surface area is 157 Å². The summed E-state index contributed by atoms with van der Waals surface area (Å²) in [6, 6.07) is 11.8. The summed E-state index contributed by atoms with van der Waals surface area (Å²) in [4.78, 5) is 17.3. The summed E-state index contributed by atoms with van der Waals surface area (Å²) in [7, 11) is 0. The van der Waals surface area contributed by atoms with Crippen LogP contribution in [0.3, 0.4) is 0 Å². The van der Waals surface area contributed by atoms with E-state index in [2.05, 4.69) is 40.1 Å². The second kappa shape index (κ2) is 8.53. The lowest BCUT2D eigenvalue weighted by atomic mass is 9.97. The van der Waals surface area contributed by atoms with Crippen LogP contribution >= 0.6 is 0 Å². The number of hydrogen-bond donors (Lipinski definition) is 0. The van der Waals surface area contributed by atoms with Crippen molar-refractivity contribution in [3.63, 3.8) is 0 Å². The first-order valence-corrected chi connectivity index (χ1v) is 10.4. The molecule has 1 aliphatic carbocycles. The minimum absolute atomic E-state index is 0.389. The van der Waals surface area contributed by atoms with Gasteiger partial charge in [-0.3, -0.25) is 9.69 Å². The molecular weight excluding hydrogens is 324 g/mol. The molecule has 0 unspecified atom stereocenters. The lowest BCUT2D eigenvalue weighted by Gasteiger charge is -2.49. The zero-order valence-electron chi connectivity index (χ0n) is 15.8. The molecule has 0 spiro atoms. The SMILES string of the molecule is O=C(CC1CCCC1)N1CC(N(Cc2ccccc2)C2CCOCC2)C1. The van der Waals surface area contributed by atoms with Gasteiger partial charge in [0.25, 0.3) is 0 Å². The Morgan fingerprint density at radius 1 is 1.00 bits per heavy atom. The molecule has 1 aromatic carbocycles. The van der Waals surface area contributed by atoms with Gasteiger partial charge in [-0.25, -0.2) is 0 Å². The van der Waals surface area contributed by atoms with Crippen LogP contribution in [0.5, 0.6) is 0 Å². The molecule has 1 amide bonds. The molecule has 4 heteroatoms. The number of amides is 1. The van der Waals surface area contributed by atoms with Crippen molar-refractivity contribution in [1.29, 1.82) is 0 Å². The van der Waals surface area contributed by atoms with Crippen LogP contribution in [0.1, 0.15) is 50.5 Å². The fourth-order valence-electron chi connectivity index (χ4n) is 4.83. The highest BCUT2D eigenvalue weighted by Crippen LogP contribution is 2.30. The molecule has 0 atom stereocenters. The third-order valence-corrected chi connectivity index (χ3v) is 6.49. The van der Waals surface area contributed by atoms with E-state index in [0.29, 0.717) is 23.9 Å². The lowest BCUT2D eigenvalue weighted by Crippen LogP contribution is -2.63. The molecular formula is C22H32N2O2. The molecule has 1 saturated carbocycles. The molecule has 2 aliphatic heterocycles. The number of ether oxygens (including phenoxy) is 1. The number of benzene rings is 1. The maximum absolute atomic E-state index is 12.6. The van der Waals surface area contributed by atoms with Crippen LogP contribution in [-0.2, 0) is 16.1 Å². The van der Waals surface area contributed by atoms with Crippen molar-refractivity contribution in [2.24, 2.45) is 5.92 Å². The van der Waals surface area contributed by atoms with Gasteiger partial charge in [-0.15, -0.1) is 0 Å². The van der Waals surface area contributed by atoms with E-state index in [9.17, 15) is 4.79 Å². The Kier molecular flexibility index (Phi) is 5.91. The zero-order valence-corrected chi connectivity index (χ0v) is 15.8. The first-order chi connectivity index (χ1) is 12.8. The smallest absolute Gasteiger partial charge is 0.222 e. The summed E-state index contributed by atoms with van der Waals surface area (Å²) in [6.45, 7) is 4.55. The number of hydrogen-bond acceptors (Lipinski definition) is 3. The quantitative estimate of drug-likeness (QED) is 0.782. The van der Waals surface area contributed by atoms with E-state index in [1.165, 1.54) is 31.2 Å². The molecule has 0 radical (unpaired) electrons. The van der Waals surface area contributed by atoms with E-state index < -0.39 is 0 Å². The highest BCUT2D eigenvalue weighted by Gasteiger charge is 2.38. The molecule has 0 aromatic heterocycles. The van der Waals surface area contributed by atoms with Gasteiger partial charge in [0.1, 0.15) is 0 Å². The molecule has 3 fully saturated rings. The highest BCUT2D eigenvalue weighted by atomic mass is 16.5. The van der Waals surface area contributed by atoms with Crippen LogP contribution in [0.4, 0.5) is 0 Å². The second-order valence-corrected chi connectivity index (χ2v) is 8.31. The predicted octanol–water partition coefficient (Wildman–Crippen LogP) is 3.46. The molecule has 3 aliphatic rings. The fraction of sp³-hybridized carbons (Fsp3) is 0.682. The Morgan fingerprint density at radius 2 is 1.69 bits per heavy atom. The minimum Gasteiger partial charge on any atom is -0.381 e. The zero-order chi connectivity index (χ0) is 17.8. The van der Waals surface area contributed by atoms with Crippen LogP contribution in [0.25, 0.3) is 0 Å². The molecule has 4 nitrogen and oxygen atoms in total. The van der Waals surface area contributed by atoms with Gasteiger partial charge in [-0.05, 0) is 37.2 Å². The second-order valence-electron chi connectivity index (χ2n) is 8.31. The maximum Gasteiger partial charge on any atom is 0.222 e. The average Bonchev–Trinajstić information content (AvgIpc) is 3.14. The summed E-state index contributed by atoms with van der Waals surface area (Å²) in [5.41, 5.74) is 1.37. The van der Waals surface area contributed by atoms with Crippen molar-refractivity contribution in [3.05, 3.63) is 35.9 Å². The van der Waals surface area contributed by atoms with Gasteiger partial charge >= 0.3 is 0 Å². The van der Waals surface area contributed by atoms with Crippen LogP contribution in [0.2, 0.25) is 0 Å². The number of carbonyl (C=O) groups excluding carboxylic acids is 1. The van der Waals surface area contributed by atoms with Gasteiger partial charge < -0.3 is 9.64 Å². The van der Waals surface area contributed by atoms with Crippen molar-refractivity contribution in [3.8, 4) is 0 Å². The normalized spacial score (nSPS) is 22.7. The first-order valence-electron chi connectivity index (χ1n) is 10.4. The lowest BCUT2D eigenvalue weighted by molar-refractivity contribution is -0.141. The summed E-state index contributed by atoms with van der Waals surface area (Å²) in [5.74, 6) is 1.04. The van der Waals surface area contributed by atoms with Crippen molar-refractivity contribution in [2.45, 2.75) is 63.6 Å². The van der Waals surface area contributed by atoms with E-state index in [0.717, 1.165) is 52.1 Å². The topological polar surface area (TPSA) is 32.8 Å². The van der Waals surface area contributed by atoms with Gasteiger partial charge in [-0.2, -0.15) is 0 Å². The highest BCUT2D eigenvalue weighted by molar-refractivity contribution is 5.77. The van der Waals surface area contributed by atoms with Gasteiger partial charge in [-0.1, -0.05) is 43.2 Å². The van der Waals surface area contributed by atoms with Gasteiger partial charge in [0.2, 0.25) is 5.91 Å². The minimum atomic E-state index is 0.389. The summed E-state index contributed by atoms with van der Waals surface area (Å²) >= 11 is 0. The Balaban J connectivity index is 1.34. The summed E-state index contributed by atoms with van der Waals surface area (Å²) in [5, 5.41) is 0. The third kappa shape index (κ3) is 4.29. The van der Waals surface area contributed by atoms with E-state index in [-0.39, 0.29) is 0 Å². The maximum atomic E-state index is 12.6. The Hall–Kier alpha value is -1.39. The predicted molar refractivity (Wildman–Crippen MR) is 103 cm³/mol. The Bertz CT molecular complexity index is 573. The molecule has 142 valence electrons. The molecule has 0 bridgehead atoms. The van der Waals surface area contributed by atoms with Gasteiger partial charge in [0.15, 0.2) is 0 Å². The van der Waals surface area contributed by atoms with Crippen molar-refractivity contribution in [2.75, 3.05) is 26.3 Å². The standard InChI is InChI=1S/C22H32N2O2/c25-22(14-18-6-4-5-7-18)23-16-21(17-23)24(20-10-12-26-13-11-20)15-19-8-2-1-3-9-19/h1-3,8-9,18,20-21H,4-7,10-17H2. The summed E-state index contributed by atoms with van der Waals surface area (Å²) < 4.78 is 5.57. The van der Waals surface area contributed by atoms with Crippen LogP contribution in [0.15, 0.2) is 30.3 Å². The monoisotopic (exact) mass is 356 g/mol. The van der Waals surface area contributed by atoms with Crippen molar-refractivity contribution < 1.29 is 9.53 Å². The third-order valence-electron chi connectivity index (χ3n) is 6.49. The average molecular weight is 357 g/mol. The van der Waals surface area contributed by atoms with Crippen molar-refractivity contribution in [1.82, 2.24) is 9.80 Å². The molecule has 2 saturated heterocycles. The number of likely N-dealkylation sites (tertiary alicyclic amines) is 1. The number of nitrogens with zero attached hydrogens (tertiary/aromatic N) is 2. The van der Waals surface area contributed by atoms with E-state index in [1.807, 2.05) is 0 Å².